The highest BCUT2D eigenvalue weighted by Gasteiger charge is 2.35. The summed E-state index contributed by atoms with van der Waals surface area (Å²) in [6.45, 7) is 16.6. The standard InChI is InChI=1S/C6H12O3.2C6H12O2.C4H8O2/c1-2-8-5-6-9-4-3-7;1-2-6(3-7)4-8-5-6;1-2-8-6-4-3-5-7;1-2-6-4-3-5/h2,7H,1,3-6H2;7H,2-5H2,1H3;2,7H,1,3-6H2;2,5H,1,3-4H2. The monoisotopic (exact) mass is 452 g/mol. The number of unbranched alkanes of at least 4 members (excludes halogenated alkanes) is 1. The first-order valence-electron chi connectivity index (χ1n) is 10.3. The molecule has 0 aromatic rings. The quantitative estimate of drug-likeness (QED) is 0.204. The molecule has 186 valence electrons. The van der Waals surface area contributed by atoms with Crippen molar-refractivity contribution in [1.82, 2.24) is 0 Å². The number of aliphatic hydroxyl groups excluding tert-OH is 4. The van der Waals surface area contributed by atoms with Crippen molar-refractivity contribution in [2.24, 2.45) is 5.41 Å². The fourth-order valence-electron chi connectivity index (χ4n) is 1.67. The van der Waals surface area contributed by atoms with Gasteiger partial charge in [0.05, 0.1) is 71.6 Å². The molecule has 0 unspecified atom stereocenters. The van der Waals surface area contributed by atoms with E-state index in [-0.39, 0.29) is 31.8 Å². The normalized spacial score (nSPS) is 12.7. The highest BCUT2D eigenvalue weighted by Crippen LogP contribution is 2.29. The van der Waals surface area contributed by atoms with Crippen LogP contribution in [0, 0.1) is 5.41 Å². The van der Waals surface area contributed by atoms with Gasteiger partial charge in [-0.2, -0.15) is 0 Å². The summed E-state index contributed by atoms with van der Waals surface area (Å²) in [6.07, 6.45) is 6.83. The van der Waals surface area contributed by atoms with Crippen LogP contribution in [0.5, 0.6) is 0 Å². The number of hydrogen-bond acceptors (Lipinski definition) is 9. The first-order valence-corrected chi connectivity index (χ1v) is 10.3. The van der Waals surface area contributed by atoms with E-state index in [1.165, 1.54) is 18.8 Å². The van der Waals surface area contributed by atoms with Gasteiger partial charge in [0, 0.05) is 12.0 Å². The van der Waals surface area contributed by atoms with Crippen molar-refractivity contribution < 1.29 is 44.1 Å². The van der Waals surface area contributed by atoms with Crippen LogP contribution < -0.4 is 0 Å². The summed E-state index contributed by atoms with van der Waals surface area (Å²) in [5.41, 5.74) is 0.139. The van der Waals surface area contributed by atoms with Gasteiger partial charge in [0.1, 0.15) is 13.2 Å². The van der Waals surface area contributed by atoms with Gasteiger partial charge in [-0.3, -0.25) is 0 Å². The highest BCUT2D eigenvalue weighted by molar-refractivity contribution is 4.82. The first-order chi connectivity index (χ1) is 15.1. The van der Waals surface area contributed by atoms with E-state index in [2.05, 4.69) is 31.4 Å². The molecule has 0 spiro atoms. The van der Waals surface area contributed by atoms with E-state index in [1.807, 2.05) is 0 Å². The molecule has 9 nitrogen and oxygen atoms in total. The molecule has 0 atom stereocenters. The van der Waals surface area contributed by atoms with Crippen molar-refractivity contribution in [2.45, 2.75) is 26.2 Å². The molecular weight excluding hydrogens is 408 g/mol. The maximum Gasteiger partial charge on any atom is 0.111 e. The second kappa shape index (κ2) is 30.6. The second-order valence-corrected chi connectivity index (χ2v) is 6.11. The van der Waals surface area contributed by atoms with Crippen LogP contribution in [-0.4, -0.2) is 93.1 Å². The highest BCUT2D eigenvalue weighted by atomic mass is 16.5. The molecule has 0 bridgehead atoms. The molecule has 31 heavy (non-hydrogen) atoms. The Labute approximate surface area is 187 Å². The number of aliphatic hydroxyl groups is 4. The lowest BCUT2D eigenvalue weighted by atomic mass is 9.84. The number of rotatable bonds is 16. The third kappa shape index (κ3) is 28.4. The Morgan fingerprint density at radius 3 is 1.61 bits per heavy atom. The Hall–Kier alpha value is -1.62. The minimum absolute atomic E-state index is 0.0615. The summed E-state index contributed by atoms with van der Waals surface area (Å²) < 4.78 is 23.8. The van der Waals surface area contributed by atoms with Crippen LogP contribution in [0.4, 0.5) is 0 Å². The summed E-state index contributed by atoms with van der Waals surface area (Å²) in [5.74, 6) is 0. The molecule has 0 aliphatic carbocycles. The summed E-state index contributed by atoms with van der Waals surface area (Å²) >= 11 is 0. The third-order valence-electron chi connectivity index (χ3n) is 3.72. The van der Waals surface area contributed by atoms with Crippen molar-refractivity contribution in [3.63, 3.8) is 0 Å². The van der Waals surface area contributed by atoms with Crippen LogP contribution >= 0.6 is 0 Å². The summed E-state index contributed by atoms with van der Waals surface area (Å²) in [5, 5.41) is 33.3. The van der Waals surface area contributed by atoms with E-state index in [4.69, 9.17) is 39.4 Å². The van der Waals surface area contributed by atoms with Gasteiger partial charge in [-0.05, 0) is 19.3 Å². The van der Waals surface area contributed by atoms with Crippen molar-refractivity contribution in [2.75, 3.05) is 72.7 Å². The van der Waals surface area contributed by atoms with E-state index < -0.39 is 0 Å². The van der Waals surface area contributed by atoms with Crippen LogP contribution in [0.15, 0.2) is 38.5 Å². The SMILES string of the molecule is C=COCCCCO.C=COCCO.C=COCCOCCO.CCC1(CO)COC1. The molecule has 0 aromatic carbocycles. The molecule has 1 rings (SSSR count). The molecule has 1 aliphatic rings. The van der Waals surface area contributed by atoms with Crippen molar-refractivity contribution >= 4 is 0 Å². The predicted molar refractivity (Wildman–Crippen MR) is 120 cm³/mol. The van der Waals surface area contributed by atoms with Gasteiger partial charge < -0.3 is 44.1 Å². The molecule has 0 aromatic heterocycles. The topological polar surface area (TPSA) is 127 Å². The van der Waals surface area contributed by atoms with Gasteiger partial charge in [-0.15, -0.1) is 0 Å². The average molecular weight is 453 g/mol. The average Bonchev–Trinajstić information content (AvgIpc) is 2.77. The number of hydrogen-bond donors (Lipinski definition) is 4. The van der Waals surface area contributed by atoms with Crippen molar-refractivity contribution in [3.05, 3.63) is 38.5 Å². The van der Waals surface area contributed by atoms with Gasteiger partial charge in [0.15, 0.2) is 0 Å². The van der Waals surface area contributed by atoms with Gasteiger partial charge in [0.2, 0.25) is 0 Å². The number of ether oxygens (including phenoxy) is 5. The van der Waals surface area contributed by atoms with E-state index in [0.29, 0.717) is 33.0 Å². The van der Waals surface area contributed by atoms with E-state index in [1.54, 1.807) is 0 Å². The zero-order valence-corrected chi connectivity index (χ0v) is 19.1. The van der Waals surface area contributed by atoms with Crippen molar-refractivity contribution in [1.29, 1.82) is 0 Å². The fourth-order valence-corrected chi connectivity index (χ4v) is 1.67. The van der Waals surface area contributed by atoms with Gasteiger partial charge in [-0.25, -0.2) is 0 Å². The fraction of sp³-hybridized carbons (Fsp3) is 0.727. The predicted octanol–water partition coefficient (Wildman–Crippen LogP) is 1.62. The second-order valence-electron chi connectivity index (χ2n) is 6.11. The lowest BCUT2D eigenvalue weighted by Crippen LogP contribution is -2.44. The van der Waals surface area contributed by atoms with Crippen LogP contribution in [-0.2, 0) is 23.7 Å². The van der Waals surface area contributed by atoms with Crippen LogP contribution in [0.2, 0.25) is 0 Å². The molecule has 1 saturated heterocycles. The van der Waals surface area contributed by atoms with Crippen molar-refractivity contribution in [3.8, 4) is 0 Å². The minimum atomic E-state index is 0.0615. The molecule has 4 N–H and O–H groups in total. The molecular formula is C22H44O9. The smallest absolute Gasteiger partial charge is 0.111 e. The van der Waals surface area contributed by atoms with E-state index in [0.717, 1.165) is 32.5 Å². The minimum Gasteiger partial charge on any atom is -0.502 e. The largest absolute Gasteiger partial charge is 0.502 e. The van der Waals surface area contributed by atoms with Crippen LogP contribution in [0.25, 0.3) is 0 Å². The van der Waals surface area contributed by atoms with E-state index in [9.17, 15) is 0 Å². The lowest BCUT2D eigenvalue weighted by molar-refractivity contribution is -0.138. The summed E-state index contributed by atoms with van der Waals surface area (Å²) in [6, 6.07) is 0. The molecule has 1 fully saturated rings. The summed E-state index contributed by atoms with van der Waals surface area (Å²) in [4.78, 5) is 0. The van der Waals surface area contributed by atoms with E-state index >= 15 is 0 Å². The zero-order valence-electron chi connectivity index (χ0n) is 19.1. The molecule has 0 amide bonds. The van der Waals surface area contributed by atoms with Gasteiger partial charge in [-0.1, -0.05) is 26.7 Å². The Bertz CT molecular complexity index is 347. The summed E-state index contributed by atoms with van der Waals surface area (Å²) in [7, 11) is 0. The maximum absolute atomic E-state index is 8.76. The third-order valence-corrected chi connectivity index (χ3v) is 3.72. The Kier molecular flexibility index (Phi) is 33.5. The molecule has 0 radical (unpaired) electrons. The Morgan fingerprint density at radius 1 is 0.742 bits per heavy atom. The maximum atomic E-state index is 8.76. The van der Waals surface area contributed by atoms with Crippen LogP contribution in [0.3, 0.4) is 0 Å². The molecule has 9 heteroatoms. The molecule has 1 aliphatic heterocycles. The van der Waals surface area contributed by atoms with Gasteiger partial charge in [0.25, 0.3) is 0 Å². The van der Waals surface area contributed by atoms with Gasteiger partial charge >= 0.3 is 0 Å². The Balaban J connectivity index is -0.000000340. The Morgan fingerprint density at radius 2 is 1.29 bits per heavy atom. The first kappa shape index (κ1) is 34.0. The van der Waals surface area contributed by atoms with Crippen LogP contribution in [0.1, 0.15) is 26.2 Å². The lowest BCUT2D eigenvalue weighted by Gasteiger charge is -2.38. The molecule has 0 saturated carbocycles. The zero-order chi connectivity index (χ0) is 24.1. The molecule has 1 heterocycles.